The van der Waals surface area contributed by atoms with Gasteiger partial charge in [-0.15, -0.1) is 0 Å². The maximum Gasteiger partial charge on any atom is 0.257 e. The van der Waals surface area contributed by atoms with E-state index in [9.17, 15) is 4.79 Å². The summed E-state index contributed by atoms with van der Waals surface area (Å²) < 4.78 is 7.27. The SMILES string of the molecule is CCOc1cccc(NC(=O)c2cc3cnn(CC)c3nc2C)c1. The van der Waals surface area contributed by atoms with Gasteiger partial charge >= 0.3 is 0 Å². The summed E-state index contributed by atoms with van der Waals surface area (Å²) in [7, 11) is 0. The van der Waals surface area contributed by atoms with Gasteiger partial charge in [0, 0.05) is 23.7 Å². The van der Waals surface area contributed by atoms with E-state index in [4.69, 9.17) is 4.74 Å². The number of benzene rings is 1. The number of nitrogens with zero attached hydrogens (tertiary/aromatic N) is 3. The Morgan fingerprint density at radius 3 is 2.88 bits per heavy atom. The fourth-order valence-corrected chi connectivity index (χ4v) is 2.59. The molecule has 0 spiro atoms. The van der Waals surface area contributed by atoms with Gasteiger partial charge in [0.1, 0.15) is 5.75 Å². The van der Waals surface area contributed by atoms with Crippen LogP contribution in [0.4, 0.5) is 5.69 Å². The molecule has 1 N–H and O–H groups in total. The number of hydrogen-bond acceptors (Lipinski definition) is 4. The van der Waals surface area contributed by atoms with Crippen molar-refractivity contribution in [3.63, 3.8) is 0 Å². The van der Waals surface area contributed by atoms with E-state index in [-0.39, 0.29) is 5.91 Å². The number of aromatic nitrogens is 3. The molecule has 1 amide bonds. The van der Waals surface area contributed by atoms with Gasteiger partial charge in [-0.25, -0.2) is 9.67 Å². The highest BCUT2D eigenvalue weighted by Gasteiger charge is 2.14. The van der Waals surface area contributed by atoms with E-state index in [2.05, 4.69) is 15.4 Å². The molecule has 0 atom stereocenters. The van der Waals surface area contributed by atoms with Crippen LogP contribution in [0.15, 0.2) is 36.5 Å². The third kappa shape index (κ3) is 3.08. The topological polar surface area (TPSA) is 69.0 Å². The zero-order chi connectivity index (χ0) is 17.1. The van der Waals surface area contributed by atoms with E-state index in [1.54, 1.807) is 12.3 Å². The van der Waals surface area contributed by atoms with Crippen LogP contribution in [0.3, 0.4) is 0 Å². The Balaban J connectivity index is 1.88. The highest BCUT2D eigenvalue weighted by molar-refractivity contribution is 6.06. The maximum absolute atomic E-state index is 12.6. The quantitative estimate of drug-likeness (QED) is 0.781. The number of ether oxygens (including phenoxy) is 1. The highest BCUT2D eigenvalue weighted by Crippen LogP contribution is 2.20. The second-order valence-electron chi connectivity index (χ2n) is 5.41. The summed E-state index contributed by atoms with van der Waals surface area (Å²) in [4.78, 5) is 17.1. The first-order valence-corrected chi connectivity index (χ1v) is 7.99. The van der Waals surface area contributed by atoms with E-state index in [1.165, 1.54) is 0 Å². The summed E-state index contributed by atoms with van der Waals surface area (Å²) in [5, 5.41) is 8.03. The number of aryl methyl sites for hydroxylation is 2. The van der Waals surface area contributed by atoms with Gasteiger partial charge in [-0.3, -0.25) is 4.79 Å². The molecule has 24 heavy (non-hydrogen) atoms. The summed E-state index contributed by atoms with van der Waals surface area (Å²) >= 11 is 0. The second kappa shape index (κ2) is 6.70. The van der Waals surface area contributed by atoms with Gasteiger partial charge < -0.3 is 10.1 Å². The summed E-state index contributed by atoms with van der Waals surface area (Å²) in [6.45, 7) is 7.09. The molecule has 6 heteroatoms. The molecule has 3 rings (SSSR count). The molecule has 2 heterocycles. The molecule has 124 valence electrons. The van der Waals surface area contributed by atoms with E-state index < -0.39 is 0 Å². The predicted molar refractivity (Wildman–Crippen MR) is 93.5 cm³/mol. The van der Waals surface area contributed by atoms with Crippen molar-refractivity contribution >= 4 is 22.6 Å². The van der Waals surface area contributed by atoms with Crippen molar-refractivity contribution in [1.29, 1.82) is 0 Å². The van der Waals surface area contributed by atoms with Crippen LogP contribution in [0.5, 0.6) is 5.75 Å². The van der Waals surface area contributed by atoms with Gasteiger partial charge in [0.2, 0.25) is 0 Å². The number of anilines is 1. The first kappa shape index (κ1) is 16.0. The smallest absolute Gasteiger partial charge is 0.257 e. The third-order valence-electron chi connectivity index (χ3n) is 3.75. The van der Waals surface area contributed by atoms with Crippen LogP contribution in [0, 0.1) is 6.92 Å². The molecule has 0 aliphatic heterocycles. The zero-order valence-corrected chi connectivity index (χ0v) is 14.0. The summed E-state index contributed by atoms with van der Waals surface area (Å²) in [6.07, 6.45) is 1.73. The van der Waals surface area contributed by atoms with Gasteiger partial charge in [-0.2, -0.15) is 5.10 Å². The Morgan fingerprint density at radius 2 is 2.12 bits per heavy atom. The number of rotatable bonds is 5. The monoisotopic (exact) mass is 324 g/mol. The van der Waals surface area contributed by atoms with Crippen molar-refractivity contribution in [1.82, 2.24) is 14.8 Å². The van der Waals surface area contributed by atoms with Crippen molar-refractivity contribution in [2.45, 2.75) is 27.3 Å². The fourth-order valence-electron chi connectivity index (χ4n) is 2.59. The second-order valence-corrected chi connectivity index (χ2v) is 5.41. The molecule has 0 aliphatic carbocycles. The van der Waals surface area contributed by atoms with Crippen molar-refractivity contribution < 1.29 is 9.53 Å². The van der Waals surface area contributed by atoms with E-state index in [1.807, 2.05) is 49.7 Å². The van der Waals surface area contributed by atoms with Crippen molar-refractivity contribution in [2.24, 2.45) is 0 Å². The largest absolute Gasteiger partial charge is 0.494 e. The minimum Gasteiger partial charge on any atom is -0.494 e. The molecule has 1 aromatic carbocycles. The van der Waals surface area contributed by atoms with Crippen LogP contribution < -0.4 is 10.1 Å². The first-order chi connectivity index (χ1) is 11.6. The normalized spacial score (nSPS) is 10.8. The molecular formula is C18H20N4O2. The third-order valence-corrected chi connectivity index (χ3v) is 3.75. The minimum absolute atomic E-state index is 0.195. The average Bonchev–Trinajstić information content (AvgIpc) is 2.96. The first-order valence-electron chi connectivity index (χ1n) is 7.99. The number of amides is 1. The van der Waals surface area contributed by atoms with Crippen LogP contribution in [0.1, 0.15) is 29.9 Å². The van der Waals surface area contributed by atoms with Gasteiger partial charge in [-0.1, -0.05) is 6.07 Å². The number of carbonyl (C=O) groups is 1. The Morgan fingerprint density at radius 1 is 1.29 bits per heavy atom. The highest BCUT2D eigenvalue weighted by atomic mass is 16.5. The van der Waals surface area contributed by atoms with Crippen LogP contribution in [-0.4, -0.2) is 27.3 Å². The molecular weight excluding hydrogens is 304 g/mol. The van der Waals surface area contributed by atoms with Crippen LogP contribution in [0.2, 0.25) is 0 Å². The molecule has 0 radical (unpaired) electrons. The van der Waals surface area contributed by atoms with E-state index >= 15 is 0 Å². The predicted octanol–water partition coefficient (Wildman–Crippen LogP) is 3.41. The molecule has 6 nitrogen and oxygen atoms in total. The lowest BCUT2D eigenvalue weighted by molar-refractivity contribution is 0.102. The molecule has 0 saturated carbocycles. The Labute approximate surface area is 140 Å². The number of carbonyl (C=O) groups excluding carboxylic acids is 1. The van der Waals surface area contributed by atoms with Crippen LogP contribution in [0.25, 0.3) is 11.0 Å². The van der Waals surface area contributed by atoms with Gasteiger partial charge in [0.25, 0.3) is 5.91 Å². The van der Waals surface area contributed by atoms with Gasteiger partial charge in [-0.05, 0) is 39.0 Å². The van der Waals surface area contributed by atoms with Crippen molar-refractivity contribution in [2.75, 3.05) is 11.9 Å². The van der Waals surface area contributed by atoms with E-state index in [0.717, 1.165) is 23.3 Å². The number of nitrogens with one attached hydrogen (secondary N) is 1. The lowest BCUT2D eigenvalue weighted by Crippen LogP contribution is -2.14. The average molecular weight is 324 g/mol. The van der Waals surface area contributed by atoms with Gasteiger partial charge in [0.05, 0.1) is 24.1 Å². The summed E-state index contributed by atoms with van der Waals surface area (Å²) in [5.41, 5.74) is 2.70. The lowest BCUT2D eigenvalue weighted by Gasteiger charge is -2.10. The zero-order valence-electron chi connectivity index (χ0n) is 14.0. The Bertz CT molecular complexity index is 886. The summed E-state index contributed by atoms with van der Waals surface area (Å²) in [5.74, 6) is 0.532. The molecule has 0 fully saturated rings. The number of fused-ring (bicyclic) bond motifs is 1. The van der Waals surface area contributed by atoms with E-state index in [0.29, 0.717) is 23.6 Å². The number of hydrogen-bond donors (Lipinski definition) is 1. The molecule has 3 aromatic rings. The van der Waals surface area contributed by atoms with Crippen LogP contribution >= 0.6 is 0 Å². The minimum atomic E-state index is -0.195. The fraction of sp³-hybridized carbons (Fsp3) is 0.278. The maximum atomic E-state index is 12.6. The standard InChI is InChI=1S/C18H20N4O2/c1-4-22-17-13(11-19-22)9-16(12(3)20-17)18(23)21-14-7-6-8-15(10-14)24-5-2/h6-11H,4-5H2,1-3H3,(H,21,23). The summed E-state index contributed by atoms with van der Waals surface area (Å²) in [6, 6.07) is 9.17. The molecule has 0 bridgehead atoms. The molecule has 2 aromatic heterocycles. The van der Waals surface area contributed by atoms with Crippen molar-refractivity contribution in [3.05, 3.63) is 47.8 Å². The molecule has 0 saturated heterocycles. The van der Waals surface area contributed by atoms with Crippen LogP contribution in [-0.2, 0) is 6.54 Å². The number of pyridine rings is 1. The molecule has 0 unspecified atom stereocenters. The van der Waals surface area contributed by atoms with Crippen molar-refractivity contribution in [3.8, 4) is 5.75 Å². The molecule has 0 aliphatic rings. The van der Waals surface area contributed by atoms with Gasteiger partial charge in [0.15, 0.2) is 5.65 Å². The lowest BCUT2D eigenvalue weighted by atomic mass is 10.1. The Kier molecular flexibility index (Phi) is 4.46. The Hall–Kier alpha value is -2.89.